The highest BCUT2D eigenvalue weighted by atomic mass is 35.5. The molecule has 0 spiro atoms. The van der Waals surface area contributed by atoms with Gasteiger partial charge in [0.05, 0.1) is 18.5 Å². The normalized spacial score (nSPS) is 21.9. The highest BCUT2D eigenvalue weighted by Crippen LogP contribution is 2.15. The average molecular weight is 290 g/mol. The molecule has 1 unspecified atom stereocenters. The molecule has 1 heterocycles. The smallest absolute Gasteiger partial charge is 0.218 e. The number of nitrogens with zero attached hydrogens (tertiary/aromatic N) is 1. The van der Waals surface area contributed by atoms with Crippen molar-refractivity contribution >= 4 is 21.6 Å². The van der Waals surface area contributed by atoms with E-state index in [-0.39, 0.29) is 11.9 Å². The van der Waals surface area contributed by atoms with E-state index in [1.165, 1.54) is 4.31 Å². The van der Waals surface area contributed by atoms with Crippen molar-refractivity contribution in [2.24, 2.45) is 0 Å². The maximum atomic E-state index is 12.2. The van der Waals surface area contributed by atoms with E-state index in [2.05, 4.69) is 0 Å². The van der Waals surface area contributed by atoms with E-state index in [0.29, 0.717) is 25.6 Å². The minimum absolute atomic E-state index is 0.0306. The van der Waals surface area contributed by atoms with Crippen LogP contribution >= 0.6 is 11.6 Å². The number of benzene rings is 1. The minimum atomic E-state index is -3.28. The van der Waals surface area contributed by atoms with Crippen molar-refractivity contribution in [3.8, 4) is 0 Å². The summed E-state index contributed by atoms with van der Waals surface area (Å²) in [6.07, 6.45) is -0.203. The lowest BCUT2D eigenvalue weighted by Crippen LogP contribution is -2.46. The molecule has 0 N–H and O–H groups in total. The molecule has 1 fully saturated rings. The first-order chi connectivity index (χ1) is 8.62. The first-order valence-electron chi connectivity index (χ1n) is 5.81. The zero-order chi connectivity index (χ0) is 13.0. The van der Waals surface area contributed by atoms with Crippen molar-refractivity contribution in [3.63, 3.8) is 0 Å². The lowest BCUT2D eigenvalue weighted by molar-refractivity contribution is 0.0122. The number of alkyl halides is 1. The highest BCUT2D eigenvalue weighted by molar-refractivity contribution is 7.88. The van der Waals surface area contributed by atoms with Gasteiger partial charge in [-0.2, -0.15) is 4.31 Å². The summed E-state index contributed by atoms with van der Waals surface area (Å²) in [7, 11) is -3.28. The van der Waals surface area contributed by atoms with Gasteiger partial charge in [-0.15, -0.1) is 11.6 Å². The van der Waals surface area contributed by atoms with Gasteiger partial charge in [-0.1, -0.05) is 30.3 Å². The van der Waals surface area contributed by atoms with Gasteiger partial charge in [0.2, 0.25) is 10.0 Å². The van der Waals surface area contributed by atoms with E-state index in [4.69, 9.17) is 16.3 Å². The van der Waals surface area contributed by atoms with Gasteiger partial charge in [0.1, 0.15) is 0 Å². The van der Waals surface area contributed by atoms with Crippen molar-refractivity contribution in [3.05, 3.63) is 35.9 Å². The molecule has 0 amide bonds. The fourth-order valence-corrected chi connectivity index (χ4v) is 3.64. The number of hydrogen-bond donors (Lipinski definition) is 0. The van der Waals surface area contributed by atoms with Crippen molar-refractivity contribution < 1.29 is 13.2 Å². The second-order valence-electron chi connectivity index (χ2n) is 4.25. The average Bonchev–Trinajstić information content (AvgIpc) is 2.39. The Balaban J connectivity index is 2.06. The molecule has 100 valence electrons. The van der Waals surface area contributed by atoms with Crippen molar-refractivity contribution in [2.75, 3.05) is 25.6 Å². The third-order valence-corrected chi connectivity index (χ3v) is 5.02. The molecule has 1 aromatic carbocycles. The van der Waals surface area contributed by atoms with Gasteiger partial charge in [0.15, 0.2) is 0 Å². The molecule has 6 heteroatoms. The minimum Gasteiger partial charge on any atom is -0.374 e. The van der Waals surface area contributed by atoms with Crippen molar-refractivity contribution in [1.82, 2.24) is 4.31 Å². The van der Waals surface area contributed by atoms with Gasteiger partial charge in [0, 0.05) is 19.0 Å². The molecule has 1 aromatic rings. The lowest BCUT2D eigenvalue weighted by Gasteiger charge is -2.31. The van der Waals surface area contributed by atoms with Crippen LogP contribution in [-0.4, -0.2) is 44.4 Å². The van der Waals surface area contributed by atoms with Crippen LogP contribution in [0.2, 0.25) is 0 Å². The number of halogens is 1. The lowest BCUT2D eigenvalue weighted by atomic mass is 10.2. The summed E-state index contributed by atoms with van der Waals surface area (Å²) >= 11 is 5.71. The molecule has 0 radical (unpaired) electrons. The van der Waals surface area contributed by atoms with Gasteiger partial charge in [0.25, 0.3) is 0 Å². The molecular weight excluding hydrogens is 274 g/mol. The number of rotatable bonds is 4. The summed E-state index contributed by atoms with van der Waals surface area (Å²) in [5.74, 6) is 0.347. The Morgan fingerprint density at radius 1 is 1.33 bits per heavy atom. The molecule has 1 aliphatic heterocycles. The molecular formula is C12H16ClNO3S. The Kier molecular flexibility index (Phi) is 4.61. The summed E-state index contributed by atoms with van der Waals surface area (Å²) < 4.78 is 31.3. The Morgan fingerprint density at radius 3 is 2.72 bits per heavy atom. The first kappa shape index (κ1) is 13.8. The molecule has 0 bridgehead atoms. The van der Waals surface area contributed by atoms with E-state index >= 15 is 0 Å². The SMILES string of the molecule is O=S(=O)(Cc1ccccc1)N1CCOC(CCl)C1. The molecule has 1 saturated heterocycles. The van der Waals surface area contributed by atoms with Crippen LogP contribution in [0.15, 0.2) is 30.3 Å². The maximum Gasteiger partial charge on any atom is 0.218 e. The molecule has 1 atom stereocenters. The molecule has 4 nitrogen and oxygen atoms in total. The van der Waals surface area contributed by atoms with Gasteiger partial charge in [-0.05, 0) is 5.56 Å². The quantitative estimate of drug-likeness (QED) is 0.789. The highest BCUT2D eigenvalue weighted by Gasteiger charge is 2.28. The van der Waals surface area contributed by atoms with Crippen LogP contribution in [0.5, 0.6) is 0 Å². The Bertz CT molecular complexity index is 477. The summed E-state index contributed by atoms with van der Waals surface area (Å²) in [5, 5.41) is 0. The monoisotopic (exact) mass is 289 g/mol. The Morgan fingerprint density at radius 2 is 2.06 bits per heavy atom. The number of morpholine rings is 1. The van der Waals surface area contributed by atoms with Crippen LogP contribution in [0.1, 0.15) is 5.56 Å². The standard InChI is InChI=1S/C12H16ClNO3S/c13-8-12-9-14(6-7-17-12)18(15,16)10-11-4-2-1-3-5-11/h1-5,12H,6-10H2. The van der Waals surface area contributed by atoms with E-state index in [0.717, 1.165) is 5.56 Å². The first-order valence-corrected chi connectivity index (χ1v) is 7.95. The third-order valence-electron chi connectivity index (χ3n) is 2.86. The summed E-state index contributed by atoms with van der Waals surface area (Å²) in [6, 6.07) is 9.18. The molecule has 2 rings (SSSR count). The van der Waals surface area contributed by atoms with Crippen LogP contribution in [0, 0.1) is 0 Å². The van der Waals surface area contributed by atoms with Crippen molar-refractivity contribution in [2.45, 2.75) is 11.9 Å². The van der Waals surface area contributed by atoms with Gasteiger partial charge in [-0.25, -0.2) is 8.42 Å². The van der Waals surface area contributed by atoms with Crippen LogP contribution in [-0.2, 0) is 20.5 Å². The maximum absolute atomic E-state index is 12.2. The Hall–Kier alpha value is -0.620. The molecule has 0 saturated carbocycles. The second kappa shape index (κ2) is 6.02. The predicted molar refractivity (Wildman–Crippen MR) is 71.1 cm³/mol. The molecule has 18 heavy (non-hydrogen) atoms. The number of hydrogen-bond acceptors (Lipinski definition) is 3. The van der Waals surface area contributed by atoms with Gasteiger partial charge in [-0.3, -0.25) is 0 Å². The molecule has 0 aromatic heterocycles. The fourth-order valence-electron chi connectivity index (χ4n) is 1.91. The Labute approximate surface area is 113 Å². The van der Waals surface area contributed by atoms with Crippen LogP contribution in [0.3, 0.4) is 0 Å². The zero-order valence-corrected chi connectivity index (χ0v) is 11.5. The third kappa shape index (κ3) is 3.45. The summed E-state index contributed by atoms with van der Waals surface area (Å²) in [5.41, 5.74) is 0.798. The van der Waals surface area contributed by atoms with Crippen LogP contribution in [0.25, 0.3) is 0 Å². The van der Waals surface area contributed by atoms with E-state index in [9.17, 15) is 8.42 Å². The summed E-state index contributed by atoms with van der Waals surface area (Å²) in [6.45, 7) is 1.16. The van der Waals surface area contributed by atoms with E-state index < -0.39 is 10.0 Å². The molecule has 1 aliphatic rings. The molecule has 0 aliphatic carbocycles. The van der Waals surface area contributed by atoms with Crippen molar-refractivity contribution in [1.29, 1.82) is 0 Å². The topological polar surface area (TPSA) is 46.6 Å². The second-order valence-corrected chi connectivity index (χ2v) is 6.52. The van der Waals surface area contributed by atoms with Crippen LogP contribution < -0.4 is 0 Å². The largest absolute Gasteiger partial charge is 0.374 e. The van der Waals surface area contributed by atoms with Crippen LogP contribution in [0.4, 0.5) is 0 Å². The van der Waals surface area contributed by atoms with E-state index in [1.54, 1.807) is 0 Å². The van der Waals surface area contributed by atoms with E-state index in [1.807, 2.05) is 30.3 Å². The predicted octanol–water partition coefficient (Wildman–Crippen LogP) is 1.46. The zero-order valence-electron chi connectivity index (χ0n) is 9.96. The number of ether oxygens (including phenoxy) is 1. The fraction of sp³-hybridized carbons (Fsp3) is 0.500. The van der Waals surface area contributed by atoms with Gasteiger partial charge >= 0.3 is 0 Å². The summed E-state index contributed by atoms with van der Waals surface area (Å²) in [4.78, 5) is 0. The number of sulfonamides is 1. The van der Waals surface area contributed by atoms with Gasteiger partial charge < -0.3 is 4.74 Å².